The van der Waals surface area contributed by atoms with Gasteiger partial charge in [0, 0.05) is 12.5 Å². The Morgan fingerprint density at radius 2 is 1.97 bits per heavy atom. The van der Waals surface area contributed by atoms with Crippen molar-refractivity contribution >= 4 is 6.09 Å². The molecule has 0 spiro atoms. The summed E-state index contributed by atoms with van der Waals surface area (Å²) in [4.78, 5) is 19.4. The quantitative estimate of drug-likeness (QED) is 0.527. The van der Waals surface area contributed by atoms with Gasteiger partial charge in [-0.2, -0.15) is 5.48 Å². The van der Waals surface area contributed by atoms with E-state index in [9.17, 15) is 15.0 Å². The largest absolute Gasteiger partial charge is 0.465 e. The van der Waals surface area contributed by atoms with E-state index in [2.05, 4.69) is 5.48 Å². The highest BCUT2D eigenvalue weighted by Crippen LogP contribution is 2.36. The van der Waals surface area contributed by atoms with E-state index >= 15 is 0 Å². The Morgan fingerprint density at radius 1 is 1.20 bits per heavy atom. The molecule has 2 aliphatic heterocycles. The van der Waals surface area contributed by atoms with Crippen molar-refractivity contribution in [2.75, 3.05) is 19.8 Å². The van der Waals surface area contributed by atoms with Gasteiger partial charge in [-0.15, -0.1) is 0 Å². The first kappa shape index (κ1) is 21.5. The highest BCUT2D eigenvalue weighted by atomic mass is 16.7. The van der Waals surface area contributed by atoms with Gasteiger partial charge in [-0.1, -0.05) is 43.2 Å². The molecule has 2 saturated heterocycles. The smallest absolute Gasteiger partial charge is 0.407 e. The lowest BCUT2D eigenvalue weighted by Crippen LogP contribution is -2.57. The lowest BCUT2D eigenvalue weighted by atomic mass is 9.93. The highest BCUT2D eigenvalue weighted by Gasteiger charge is 2.48. The van der Waals surface area contributed by atoms with Crippen LogP contribution < -0.4 is 5.48 Å². The summed E-state index contributed by atoms with van der Waals surface area (Å²) in [5, 5.41) is 21.2. The highest BCUT2D eigenvalue weighted by molar-refractivity contribution is 5.66. The van der Waals surface area contributed by atoms with Gasteiger partial charge in [-0.05, 0) is 31.2 Å². The Labute approximate surface area is 177 Å². The van der Waals surface area contributed by atoms with E-state index in [1.54, 1.807) is 0 Å². The lowest BCUT2D eigenvalue weighted by molar-refractivity contribution is -0.0907. The minimum Gasteiger partial charge on any atom is -0.465 e. The van der Waals surface area contributed by atoms with Crippen molar-refractivity contribution in [3.05, 3.63) is 35.9 Å². The number of ether oxygens (including phenoxy) is 2. The van der Waals surface area contributed by atoms with Crippen LogP contribution in [0.2, 0.25) is 0 Å². The molecule has 166 valence electrons. The molecule has 0 radical (unpaired) electrons. The summed E-state index contributed by atoms with van der Waals surface area (Å²) in [6.45, 7) is 1.02. The third kappa shape index (κ3) is 4.95. The average Bonchev–Trinajstić information content (AvgIpc) is 3.47. The summed E-state index contributed by atoms with van der Waals surface area (Å²) >= 11 is 0. The zero-order valence-electron chi connectivity index (χ0n) is 17.2. The first-order valence-corrected chi connectivity index (χ1v) is 11.0. The van der Waals surface area contributed by atoms with Gasteiger partial charge in [0.25, 0.3) is 0 Å². The fraction of sp³-hybridized carbons (Fsp3) is 0.682. The molecule has 3 aliphatic rings. The Hall–Kier alpha value is -1.71. The number of hydroxylamine groups is 1. The molecule has 1 aromatic rings. The van der Waals surface area contributed by atoms with E-state index in [0.29, 0.717) is 13.0 Å². The number of benzene rings is 1. The molecule has 3 fully saturated rings. The van der Waals surface area contributed by atoms with Gasteiger partial charge in [-0.25, -0.2) is 4.79 Å². The van der Waals surface area contributed by atoms with Gasteiger partial charge in [0.05, 0.1) is 37.5 Å². The Balaban J connectivity index is 1.49. The average molecular weight is 421 g/mol. The van der Waals surface area contributed by atoms with Gasteiger partial charge < -0.3 is 19.7 Å². The van der Waals surface area contributed by atoms with E-state index in [-0.39, 0.29) is 37.5 Å². The summed E-state index contributed by atoms with van der Waals surface area (Å²) in [5.41, 5.74) is 3.87. The number of nitrogens with zero attached hydrogens (tertiary/aromatic N) is 1. The van der Waals surface area contributed by atoms with Gasteiger partial charge in [0.2, 0.25) is 0 Å². The number of fused-ring (bicyclic) bond motifs is 1. The zero-order chi connectivity index (χ0) is 20.9. The molecule has 4 rings (SSSR count). The van der Waals surface area contributed by atoms with E-state index in [1.165, 1.54) is 4.90 Å². The molecule has 1 saturated carbocycles. The Kier molecular flexibility index (Phi) is 7.22. The molecule has 8 nitrogen and oxygen atoms in total. The molecule has 1 aromatic carbocycles. The minimum absolute atomic E-state index is 0.00530. The summed E-state index contributed by atoms with van der Waals surface area (Å²) in [6.07, 6.45) is 3.35. The maximum absolute atomic E-state index is 12.4. The molecule has 30 heavy (non-hydrogen) atoms. The standard InChI is InChI=1S/C22H32N2O6/c25-20(13-23-30-16-8-4-5-9-16)18(12-15-6-2-1-3-7-15)24(22(26)27)19-14-29-21-17(19)10-11-28-21/h1-3,6-7,16-21,23,25H,4-5,8-14H2,(H,26,27)/t17-,18+,19-,20-,21+/m1/s1. The van der Waals surface area contributed by atoms with E-state index in [4.69, 9.17) is 14.3 Å². The van der Waals surface area contributed by atoms with Crippen molar-refractivity contribution in [1.82, 2.24) is 10.4 Å². The number of amides is 1. The predicted molar refractivity (Wildman–Crippen MR) is 109 cm³/mol. The predicted octanol–water partition coefficient (Wildman–Crippen LogP) is 2.16. The number of rotatable bonds is 9. The van der Waals surface area contributed by atoms with Crippen LogP contribution in [0, 0.1) is 5.92 Å². The second-order valence-electron chi connectivity index (χ2n) is 8.48. The van der Waals surface area contributed by atoms with Crippen molar-refractivity contribution in [2.24, 2.45) is 5.92 Å². The van der Waals surface area contributed by atoms with Crippen LogP contribution in [-0.2, 0) is 20.7 Å². The summed E-state index contributed by atoms with van der Waals surface area (Å²) in [5.74, 6) is -0.00530. The van der Waals surface area contributed by atoms with Crippen LogP contribution in [0.5, 0.6) is 0 Å². The number of carboxylic acid groups (broad SMARTS) is 1. The van der Waals surface area contributed by atoms with E-state index in [0.717, 1.165) is 37.7 Å². The maximum Gasteiger partial charge on any atom is 0.407 e. The molecular formula is C22H32N2O6. The van der Waals surface area contributed by atoms with Crippen molar-refractivity contribution < 1.29 is 29.3 Å². The summed E-state index contributed by atoms with van der Waals surface area (Å²) < 4.78 is 11.3. The molecule has 0 unspecified atom stereocenters. The van der Waals surface area contributed by atoms with Crippen molar-refractivity contribution in [2.45, 2.75) is 69.1 Å². The number of hydrogen-bond acceptors (Lipinski definition) is 6. The number of hydrogen-bond donors (Lipinski definition) is 3. The molecule has 0 aromatic heterocycles. The summed E-state index contributed by atoms with van der Waals surface area (Å²) in [7, 11) is 0. The molecule has 8 heteroatoms. The van der Waals surface area contributed by atoms with Crippen LogP contribution in [0.1, 0.15) is 37.7 Å². The number of carbonyl (C=O) groups is 1. The number of aliphatic hydroxyl groups is 1. The number of aliphatic hydroxyl groups excluding tert-OH is 1. The van der Waals surface area contributed by atoms with Crippen LogP contribution in [0.15, 0.2) is 30.3 Å². The van der Waals surface area contributed by atoms with Crippen molar-refractivity contribution in [1.29, 1.82) is 0 Å². The van der Waals surface area contributed by atoms with Gasteiger partial charge in [0.1, 0.15) is 0 Å². The third-order valence-corrected chi connectivity index (χ3v) is 6.52. The summed E-state index contributed by atoms with van der Waals surface area (Å²) in [6, 6.07) is 8.71. The second-order valence-corrected chi connectivity index (χ2v) is 8.48. The lowest BCUT2D eigenvalue weighted by Gasteiger charge is -2.38. The van der Waals surface area contributed by atoms with Crippen LogP contribution in [0.3, 0.4) is 0 Å². The van der Waals surface area contributed by atoms with Crippen LogP contribution >= 0.6 is 0 Å². The van der Waals surface area contributed by atoms with Crippen LogP contribution in [-0.4, -0.2) is 71.5 Å². The number of nitrogens with one attached hydrogen (secondary N) is 1. The first-order valence-electron chi connectivity index (χ1n) is 11.0. The Bertz CT molecular complexity index is 683. The van der Waals surface area contributed by atoms with Crippen molar-refractivity contribution in [3.63, 3.8) is 0 Å². The molecule has 0 bridgehead atoms. The molecule has 1 aliphatic carbocycles. The first-order chi connectivity index (χ1) is 14.6. The molecule has 2 heterocycles. The molecular weight excluding hydrogens is 388 g/mol. The minimum atomic E-state index is -1.05. The van der Waals surface area contributed by atoms with E-state index in [1.807, 2.05) is 30.3 Å². The third-order valence-electron chi connectivity index (χ3n) is 6.52. The molecule has 5 atom stereocenters. The van der Waals surface area contributed by atoms with Gasteiger partial charge >= 0.3 is 6.09 Å². The zero-order valence-corrected chi connectivity index (χ0v) is 17.2. The maximum atomic E-state index is 12.4. The van der Waals surface area contributed by atoms with E-state index < -0.39 is 18.2 Å². The fourth-order valence-corrected chi connectivity index (χ4v) is 4.93. The van der Waals surface area contributed by atoms with Crippen molar-refractivity contribution in [3.8, 4) is 0 Å². The Morgan fingerprint density at radius 3 is 2.70 bits per heavy atom. The normalized spacial score (nSPS) is 28.4. The second kappa shape index (κ2) is 10.1. The SMILES string of the molecule is O=C(O)N([C@@H]1CO[C@@H]2OCC[C@@H]21)[C@@H](Cc1ccccc1)[C@H](O)CNOC1CCCC1. The fourth-order valence-electron chi connectivity index (χ4n) is 4.93. The molecule has 3 N–H and O–H groups in total. The van der Waals surface area contributed by atoms with Crippen LogP contribution in [0.25, 0.3) is 0 Å². The topological polar surface area (TPSA) is 100 Å². The monoisotopic (exact) mass is 420 g/mol. The van der Waals surface area contributed by atoms with Gasteiger partial charge in [0.15, 0.2) is 6.29 Å². The van der Waals surface area contributed by atoms with Gasteiger partial charge in [-0.3, -0.25) is 9.74 Å². The molecule has 1 amide bonds. The van der Waals surface area contributed by atoms with Crippen LogP contribution in [0.4, 0.5) is 4.79 Å².